The van der Waals surface area contributed by atoms with Crippen LogP contribution in [0.5, 0.6) is 0 Å². The molecular weight excluding hydrogens is 226 g/mol. The van der Waals surface area contributed by atoms with Crippen LogP contribution in [0.1, 0.15) is 40.0 Å². The molecule has 2 N–H and O–H groups in total. The maximum Gasteiger partial charge on any atom is 0.272 e. The van der Waals surface area contributed by atoms with E-state index in [-0.39, 0.29) is 5.91 Å². The zero-order valence-electron chi connectivity index (χ0n) is 10.1. The number of aromatic nitrogens is 1. The predicted octanol–water partition coefficient (Wildman–Crippen LogP) is 2.26. The number of nitrogens with one attached hydrogen (secondary N) is 2. The molecule has 0 saturated carbocycles. The summed E-state index contributed by atoms with van der Waals surface area (Å²) in [4.78, 5) is 15.5. The van der Waals surface area contributed by atoms with Crippen LogP contribution in [0.15, 0.2) is 17.2 Å². The molecule has 1 amide bonds. The van der Waals surface area contributed by atoms with Crippen LogP contribution in [-0.2, 0) is 6.42 Å². The van der Waals surface area contributed by atoms with E-state index in [1.165, 1.54) is 11.3 Å². The number of carbonyl (C=O) groups excluding carboxylic acids is 1. The van der Waals surface area contributed by atoms with Gasteiger partial charge < -0.3 is 4.98 Å². The summed E-state index contributed by atoms with van der Waals surface area (Å²) >= 11 is 0. The van der Waals surface area contributed by atoms with Gasteiger partial charge in [0, 0.05) is 16.6 Å². The summed E-state index contributed by atoms with van der Waals surface area (Å²) in [5, 5.41) is 5.33. The van der Waals surface area contributed by atoms with Crippen LogP contribution in [0.4, 0.5) is 0 Å². The van der Waals surface area contributed by atoms with Crippen LogP contribution in [0, 0.1) is 6.92 Å². The number of benzene rings is 1. The Balaban J connectivity index is 2.24. The van der Waals surface area contributed by atoms with E-state index >= 15 is 0 Å². The fraction of sp³-hybridized carbons (Fsp3) is 0.286. The second kappa shape index (κ2) is 3.22. The number of hydrogen-bond donors (Lipinski definition) is 2. The lowest BCUT2D eigenvalue weighted by Crippen LogP contribution is -2.18. The second-order valence-electron chi connectivity index (χ2n) is 5.01. The Morgan fingerprint density at radius 3 is 3.06 bits per heavy atom. The largest absolute Gasteiger partial charge is 0.358 e. The summed E-state index contributed by atoms with van der Waals surface area (Å²) in [5.41, 5.74) is 9.05. The van der Waals surface area contributed by atoms with Gasteiger partial charge in [0.2, 0.25) is 0 Å². The molecule has 2 aromatic rings. The third-order valence-corrected chi connectivity index (χ3v) is 3.91. The zero-order valence-corrected chi connectivity index (χ0v) is 10.1. The van der Waals surface area contributed by atoms with Crippen molar-refractivity contribution in [1.82, 2.24) is 10.4 Å². The van der Waals surface area contributed by atoms with Crippen molar-refractivity contribution in [2.24, 2.45) is 5.10 Å². The zero-order chi connectivity index (χ0) is 12.3. The Bertz CT molecular complexity index is 724. The monoisotopic (exact) mass is 239 g/mol. The normalized spacial score (nSPS) is 17.4. The summed E-state index contributed by atoms with van der Waals surface area (Å²) in [6, 6.07) is 3.89. The Kier molecular flexibility index (Phi) is 1.77. The van der Waals surface area contributed by atoms with E-state index in [0.717, 1.165) is 47.0 Å². The van der Waals surface area contributed by atoms with E-state index in [4.69, 9.17) is 0 Å². The Morgan fingerprint density at radius 1 is 1.28 bits per heavy atom. The summed E-state index contributed by atoms with van der Waals surface area (Å²) < 4.78 is 0. The van der Waals surface area contributed by atoms with E-state index in [9.17, 15) is 4.79 Å². The number of H-pyrrole nitrogens is 1. The summed E-state index contributed by atoms with van der Waals surface area (Å²) in [6.07, 6.45) is 3.06. The van der Waals surface area contributed by atoms with Crippen molar-refractivity contribution in [3.63, 3.8) is 0 Å². The minimum absolute atomic E-state index is 0.108. The molecule has 0 bridgehead atoms. The molecule has 90 valence electrons. The van der Waals surface area contributed by atoms with Crippen molar-refractivity contribution < 1.29 is 4.79 Å². The molecular formula is C14H13N3O. The van der Waals surface area contributed by atoms with E-state index in [2.05, 4.69) is 22.4 Å². The lowest BCUT2D eigenvalue weighted by Gasteiger charge is -2.12. The molecule has 1 aliphatic carbocycles. The first-order valence-corrected chi connectivity index (χ1v) is 6.27. The Morgan fingerprint density at radius 2 is 2.17 bits per heavy atom. The molecule has 0 fully saturated rings. The fourth-order valence-electron chi connectivity index (χ4n) is 3.03. The van der Waals surface area contributed by atoms with Crippen molar-refractivity contribution >= 4 is 22.5 Å². The van der Waals surface area contributed by atoms with Gasteiger partial charge >= 0.3 is 0 Å². The van der Waals surface area contributed by atoms with Crippen molar-refractivity contribution in [3.05, 3.63) is 34.5 Å². The fourth-order valence-corrected chi connectivity index (χ4v) is 3.03. The van der Waals surface area contributed by atoms with E-state index in [1.54, 1.807) is 0 Å². The molecule has 0 radical (unpaired) electrons. The average Bonchev–Trinajstić information content (AvgIpc) is 2.70. The molecule has 0 spiro atoms. The van der Waals surface area contributed by atoms with Gasteiger partial charge in [0.1, 0.15) is 0 Å². The van der Waals surface area contributed by atoms with Crippen LogP contribution in [-0.4, -0.2) is 16.6 Å². The maximum atomic E-state index is 12.1. The van der Waals surface area contributed by atoms with Crippen molar-refractivity contribution in [2.75, 3.05) is 0 Å². The van der Waals surface area contributed by atoms with Crippen LogP contribution < -0.4 is 5.43 Å². The smallest absolute Gasteiger partial charge is 0.272 e. The number of aryl methyl sites for hydroxylation is 2. The van der Waals surface area contributed by atoms with Gasteiger partial charge in [0.15, 0.2) is 0 Å². The lowest BCUT2D eigenvalue weighted by molar-refractivity contribution is 0.0957. The molecule has 1 aromatic heterocycles. The number of carbonyl (C=O) groups is 1. The van der Waals surface area contributed by atoms with Crippen LogP contribution >= 0.6 is 0 Å². The Hall–Kier alpha value is -2.10. The molecule has 0 saturated heterocycles. The number of hydrazone groups is 1. The van der Waals surface area contributed by atoms with E-state index in [1.807, 2.05) is 12.1 Å². The quantitative estimate of drug-likeness (QED) is 0.728. The average molecular weight is 239 g/mol. The van der Waals surface area contributed by atoms with Gasteiger partial charge in [-0.2, -0.15) is 5.10 Å². The molecule has 4 rings (SSSR count). The minimum atomic E-state index is -0.108. The van der Waals surface area contributed by atoms with Gasteiger partial charge in [-0.3, -0.25) is 4.79 Å². The van der Waals surface area contributed by atoms with Gasteiger partial charge in [-0.05, 0) is 37.8 Å². The number of amides is 1. The third-order valence-electron chi connectivity index (χ3n) is 3.91. The highest BCUT2D eigenvalue weighted by Crippen LogP contribution is 2.34. The van der Waals surface area contributed by atoms with Crippen LogP contribution in [0.25, 0.3) is 10.9 Å². The number of rotatable bonds is 0. The first-order valence-electron chi connectivity index (χ1n) is 6.27. The van der Waals surface area contributed by atoms with Crippen LogP contribution in [0.3, 0.4) is 0 Å². The predicted molar refractivity (Wildman–Crippen MR) is 70.0 cm³/mol. The molecule has 1 aliphatic heterocycles. The SMILES string of the molecule is Cc1ccc2c3c4c([nH]c13)CCCC4=NNC2=O. The molecule has 18 heavy (non-hydrogen) atoms. The molecule has 2 heterocycles. The van der Waals surface area contributed by atoms with Gasteiger partial charge in [-0.25, -0.2) is 5.43 Å². The number of aromatic amines is 1. The molecule has 0 unspecified atom stereocenters. The van der Waals surface area contributed by atoms with Gasteiger partial charge in [-0.15, -0.1) is 0 Å². The lowest BCUT2D eigenvalue weighted by atomic mass is 9.91. The van der Waals surface area contributed by atoms with Gasteiger partial charge in [-0.1, -0.05) is 6.07 Å². The topological polar surface area (TPSA) is 57.2 Å². The highest BCUT2D eigenvalue weighted by Gasteiger charge is 2.27. The summed E-state index contributed by atoms with van der Waals surface area (Å²) in [6.45, 7) is 2.07. The number of nitrogens with zero attached hydrogens (tertiary/aromatic N) is 1. The third kappa shape index (κ3) is 1.10. The summed E-state index contributed by atoms with van der Waals surface area (Å²) in [7, 11) is 0. The van der Waals surface area contributed by atoms with Gasteiger partial charge in [0.25, 0.3) is 5.91 Å². The molecule has 4 nitrogen and oxygen atoms in total. The van der Waals surface area contributed by atoms with Crippen molar-refractivity contribution in [2.45, 2.75) is 26.2 Å². The van der Waals surface area contributed by atoms with Crippen LogP contribution in [0.2, 0.25) is 0 Å². The number of hydrogen-bond acceptors (Lipinski definition) is 2. The molecule has 4 heteroatoms. The highest BCUT2D eigenvalue weighted by molar-refractivity contribution is 6.21. The highest BCUT2D eigenvalue weighted by atomic mass is 16.2. The minimum Gasteiger partial charge on any atom is -0.358 e. The van der Waals surface area contributed by atoms with Crippen molar-refractivity contribution in [3.8, 4) is 0 Å². The van der Waals surface area contributed by atoms with E-state index < -0.39 is 0 Å². The first-order chi connectivity index (χ1) is 8.75. The van der Waals surface area contributed by atoms with Gasteiger partial charge in [0.05, 0.1) is 16.8 Å². The first kappa shape index (κ1) is 9.88. The second-order valence-corrected chi connectivity index (χ2v) is 5.01. The Labute approximate surface area is 104 Å². The van der Waals surface area contributed by atoms with Crippen molar-refractivity contribution in [1.29, 1.82) is 0 Å². The summed E-state index contributed by atoms with van der Waals surface area (Å²) in [5.74, 6) is -0.108. The maximum absolute atomic E-state index is 12.1. The van der Waals surface area contributed by atoms with E-state index in [0.29, 0.717) is 0 Å². The molecule has 0 atom stereocenters. The molecule has 2 aliphatic rings. The standard InChI is InChI=1S/C14H13N3O/c1-7-5-6-8-11-12-9(15-13(7)11)3-2-4-10(12)16-17-14(8)18/h5-6,15H,2-4H2,1H3,(H,17,18). The molecule has 1 aromatic carbocycles.